The van der Waals surface area contributed by atoms with Crippen molar-refractivity contribution in [2.24, 2.45) is 0 Å². The monoisotopic (exact) mass is 204 g/mol. The third-order valence-corrected chi connectivity index (χ3v) is 1.94. The molecule has 78 valence electrons. The van der Waals surface area contributed by atoms with E-state index in [0.29, 0.717) is 12.4 Å². The summed E-state index contributed by atoms with van der Waals surface area (Å²) in [6.45, 7) is 2.35. The molecule has 0 unspecified atom stereocenters. The lowest BCUT2D eigenvalue weighted by molar-refractivity contribution is 0.272. The third kappa shape index (κ3) is 2.49. The highest BCUT2D eigenvalue weighted by atomic mass is 16.5. The fourth-order valence-electron chi connectivity index (χ4n) is 1.25. The first-order valence-electron chi connectivity index (χ1n) is 4.64. The van der Waals surface area contributed by atoms with Crippen molar-refractivity contribution in [2.75, 3.05) is 5.73 Å². The van der Waals surface area contributed by atoms with Gasteiger partial charge in [-0.2, -0.15) is 0 Å². The molecule has 0 fully saturated rings. The smallest absolute Gasteiger partial charge is 0.292 e. The number of oxazole rings is 1. The van der Waals surface area contributed by atoms with Crippen molar-refractivity contribution in [1.82, 2.24) is 4.98 Å². The van der Waals surface area contributed by atoms with E-state index in [1.807, 2.05) is 31.2 Å². The van der Waals surface area contributed by atoms with Gasteiger partial charge in [0.2, 0.25) is 0 Å². The summed E-state index contributed by atoms with van der Waals surface area (Å²) in [6, 6.07) is 7.98. The summed E-state index contributed by atoms with van der Waals surface area (Å²) < 4.78 is 10.6. The van der Waals surface area contributed by atoms with Gasteiger partial charge in [0.25, 0.3) is 6.01 Å². The normalized spacial score (nSPS) is 10.2. The van der Waals surface area contributed by atoms with Crippen LogP contribution >= 0.6 is 0 Å². The molecule has 15 heavy (non-hydrogen) atoms. The molecule has 1 heterocycles. The van der Waals surface area contributed by atoms with E-state index in [0.717, 1.165) is 11.3 Å². The summed E-state index contributed by atoms with van der Waals surface area (Å²) in [6.07, 6.45) is 1.56. The van der Waals surface area contributed by atoms with Crippen molar-refractivity contribution in [3.05, 3.63) is 41.8 Å². The Morgan fingerprint density at radius 1 is 1.47 bits per heavy atom. The number of aromatic nitrogens is 1. The highest BCUT2D eigenvalue weighted by Gasteiger charge is 2.01. The molecule has 0 amide bonds. The van der Waals surface area contributed by atoms with Crippen LogP contribution in [0.5, 0.6) is 5.75 Å². The van der Waals surface area contributed by atoms with Crippen LogP contribution in [0.15, 0.2) is 34.9 Å². The zero-order chi connectivity index (χ0) is 10.7. The lowest BCUT2D eigenvalue weighted by atomic mass is 10.2. The van der Waals surface area contributed by atoms with Crippen LogP contribution in [-0.2, 0) is 6.61 Å². The highest BCUT2D eigenvalue weighted by molar-refractivity contribution is 5.27. The van der Waals surface area contributed by atoms with Gasteiger partial charge in [0.05, 0.1) is 6.20 Å². The van der Waals surface area contributed by atoms with Gasteiger partial charge in [0.1, 0.15) is 12.4 Å². The second kappa shape index (κ2) is 4.04. The standard InChI is InChI=1S/C11H12N2O2/c1-8-3-2-4-9(5-8)14-7-10-6-13-11(12)15-10/h2-6H,7H2,1H3,(H2,12,13). The second-order valence-corrected chi connectivity index (χ2v) is 3.27. The van der Waals surface area contributed by atoms with Gasteiger partial charge in [-0.05, 0) is 24.6 Å². The molecule has 2 N–H and O–H groups in total. The Morgan fingerprint density at radius 3 is 3.00 bits per heavy atom. The van der Waals surface area contributed by atoms with Crippen LogP contribution in [-0.4, -0.2) is 4.98 Å². The van der Waals surface area contributed by atoms with Crippen LogP contribution in [0.25, 0.3) is 0 Å². The SMILES string of the molecule is Cc1cccc(OCc2cnc(N)o2)c1. The summed E-state index contributed by atoms with van der Waals surface area (Å²) in [5, 5.41) is 0. The van der Waals surface area contributed by atoms with Gasteiger partial charge in [-0.3, -0.25) is 0 Å². The minimum Gasteiger partial charge on any atom is -0.486 e. The summed E-state index contributed by atoms with van der Waals surface area (Å²) in [5.74, 6) is 1.43. The Bertz CT molecular complexity index is 451. The quantitative estimate of drug-likeness (QED) is 0.832. The molecule has 0 spiro atoms. The Kier molecular flexibility index (Phi) is 2.58. The molecule has 4 heteroatoms. The first-order valence-corrected chi connectivity index (χ1v) is 4.64. The first-order chi connectivity index (χ1) is 7.24. The number of nitrogen functional groups attached to an aromatic ring is 1. The minimum atomic E-state index is 0.165. The molecular formula is C11H12N2O2. The van der Waals surface area contributed by atoms with Crippen LogP contribution in [0, 0.1) is 6.92 Å². The zero-order valence-corrected chi connectivity index (χ0v) is 8.43. The van der Waals surface area contributed by atoms with Crippen LogP contribution < -0.4 is 10.5 Å². The molecule has 0 bridgehead atoms. The number of aryl methyl sites for hydroxylation is 1. The summed E-state index contributed by atoms with van der Waals surface area (Å²) in [4.78, 5) is 3.78. The Labute approximate surface area is 87.7 Å². The fourth-order valence-corrected chi connectivity index (χ4v) is 1.25. The van der Waals surface area contributed by atoms with Crippen LogP contribution in [0.3, 0.4) is 0 Å². The number of benzene rings is 1. The predicted molar refractivity (Wildman–Crippen MR) is 56.4 cm³/mol. The van der Waals surface area contributed by atoms with Crippen molar-refractivity contribution in [1.29, 1.82) is 0 Å². The second-order valence-electron chi connectivity index (χ2n) is 3.27. The predicted octanol–water partition coefficient (Wildman–Crippen LogP) is 2.14. The van der Waals surface area contributed by atoms with Crippen LogP contribution in [0.1, 0.15) is 11.3 Å². The van der Waals surface area contributed by atoms with Gasteiger partial charge < -0.3 is 14.9 Å². The maximum atomic E-state index is 5.50. The first kappa shape index (κ1) is 9.58. The average Bonchev–Trinajstić information content (AvgIpc) is 2.62. The molecule has 1 aromatic carbocycles. The molecule has 0 saturated carbocycles. The number of hydrogen-bond donors (Lipinski definition) is 1. The van der Waals surface area contributed by atoms with Crippen LogP contribution in [0.4, 0.5) is 6.01 Å². The van der Waals surface area contributed by atoms with Crippen LogP contribution in [0.2, 0.25) is 0 Å². The molecular weight excluding hydrogens is 192 g/mol. The van der Waals surface area contributed by atoms with E-state index < -0.39 is 0 Å². The molecule has 0 aliphatic heterocycles. The largest absolute Gasteiger partial charge is 0.486 e. The van der Waals surface area contributed by atoms with Crippen molar-refractivity contribution < 1.29 is 9.15 Å². The van der Waals surface area contributed by atoms with E-state index in [-0.39, 0.29) is 6.01 Å². The van der Waals surface area contributed by atoms with E-state index in [1.54, 1.807) is 6.20 Å². The van der Waals surface area contributed by atoms with Crippen molar-refractivity contribution in [3.63, 3.8) is 0 Å². The summed E-state index contributed by atoms with van der Waals surface area (Å²) >= 11 is 0. The fraction of sp³-hybridized carbons (Fsp3) is 0.182. The molecule has 1 aromatic heterocycles. The van der Waals surface area contributed by atoms with Gasteiger partial charge in [0, 0.05) is 0 Å². The van der Waals surface area contributed by atoms with Gasteiger partial charge in [-0.25, -0.2) is 4.98 Å². The van der Waals surface area contributed by atoms with E-state index in [4.69, 9.17) is 14.9 Å². The molecule has 4 nitrogen and oxygen atoms in total. The Hall–Kier alpha value is -1.97. The van der Waals surface area contributed by atoms with Crippen molar-refractivity contribution in [3.8, 4) is 5.75 Å². The average molecular weight is 204 g/mol. The summed E-state index contributed by atoms with van der Waals surface area (Å²) in [5.41, 5.74) is 6.50. The maximum Gasteiger partial charge on any atom is 0.292 e. The zero-order valence-electron chi connectivity index (χ0n) is 8.43. The van der Waals surface area contributed by atoms with E-state index >= 15 is 0 Å². The maximum absolute atomic E-state index is 5.50. The van der Waals surface area contributed by atoms with E-state index in [1.165, 1.54) is 0 Å². The lowest BCUT2D eigenvalue weighted by Crippen LogP contribution is -1.93. The Morgan fingerprint density at radius 2 is 2.33 bits per heavy atom. The molecule has 0 radical (unpaired) electrons. The molecule has 2 rings (SSSR count). The number of ether oxygens (including phenoxy) is 1. The lowest BCUT2D eigenvalue weighted by Gasteiger charge is -2.03. The van der Waals surface area contributed by atoms with E-state index in [2.05, 4.69) is 4.98 Å². The summed E-state index contributed by atoms with van der Waals surface area (Å²) in [7, 11) is 0. The van der Waals surface area contributed by atoms with Gasteiger partial charge in [0.15, 0.2) is 5.76 Å². The van der Waals surface area contributed by atoms with E-state index in [9.17, 15) is 0 Å². The topological polar surface area (TPSA) is 61.3 Å². The number of anilines is 1. The molecule has 0 aliphatic carbocycles. The number of nitrogens with two attached hydrogens (primary N) is 1. The molecule has 0 atom stereocenters. The number of rotatable bonds is 3. The molecule has 2 aromatic rings. The Balaban J connectivity index is 1.99. The third-order valence-electron chi connectivity index (χ3n) is 1.94. The van der Waals surface area contributed by atoms with Crippen molar-refractivity contribution in [2.45, 2.75) is 13.5 Å². The number of nitrogens with zero attached hydrogens (tertiary/aromatic N) is 1. The van der Waals surface area contributed by atoms with Gasteiger partial charge in [-0.1, -0.05) is 12.1 Å². The van der Waals surface area contributed by atoms with Crippen molar-refractivity contribution >= 4 is 6.01 Å². The van der Waals surface area contributed by atoms with Gasteiger partial charge >= 0.3 is 0 Å². The number of hydrogen-bond acceptors (Lipinski definition) is 4. The van der Waals surface area contributed by atoms with Gasteiger partial charge in [-0.15, -0.1) is 0 Å². The highest BCUT2D eigenvalue weighted by Crippen LogP contribution is 2.15. The minimum absolute atomic E-state index is 0.165. The molecule has 0 aliphatic rings. The molecule has 0 saturated heterocycles.